The molecule has 0 spiro atoms. The number of rotatable bonds is 3. The molecule has 2 heterocycles. The second-order valence-electron chi connectivity index (χ2n) is 3.59. The summed E-state index contributed by atoms with van der Waals surface area (Å²) in [7, 11) is 0. The molecule has 2 rings (SSSR count). The highest BCUT2D eigenvalue weighted by Crippen LogP contribution is 2.22. The van der Waals surface area contributed by atoms with E-state index in [1.54, 1.807) is 0 Å². The maximum atomic E-state index is 11.9. The number of amides is 4. The molecule has 0 saturated carbocycles. The third kappa shape index (κ3) is 1.51. The summed E-state index contributed by atoms with van der Waals surface area (Å²) in [5.41, 5.74) is 9.82. The number of nitrogens with zero attached hydrogens (tertiary/aromatic N) is 2. The zero-order valence-corrected chi connectivity index (χ0v) is 8.99. The third-order valence-corrected chi connectivity index (χ3v) is 2.48. The van der Waals surface area contributed by atoms with Crippen LogP contribution in [0.15, 0.2) is 18.3 Å². The fourth-order valence-electron chi connectivity index (χ4n) is 1.71. The molecule has 4 amide bonds. The minimum atomic E-state index is -1.81. The Morgan fingerprint density at radius 1 is 1.17 bits per heavy atom. The number of nitrogens with two attached hydrogens (primary N) is 2. The summed E-state index contributed by atoms with van der Waals surface area (Å²) in [6.45, 7) is 0. The van der Waals surface area contributed by atoms with E-state index in [-0.39, 0.29) is 11.3 Å². The lowest BCUT2D eigenvalue weighted by Crippen LogP contribution is -2.54. The Hall–Kier alpha value is -2.77. The molecular weight excluding hydrogens is 240 g/mol. The molecule has 0 fully saturated rings. The Morgan fingerprint density at radius 2 is 1.78 bits per heavy atom. The highest BCUT2D eigenvalue weighted by Gasteiger charge is 2.45. The van der Waals surface area contributed by atoms with Crippen molar-refractivity contribution in [3.8, 4) is 0 Å². The quantitative estimate of drug-likeness (QED) is 0.471. The zero-order valence-electron chi connectivity index (χ0n) is 8.99. The van der Waals surface area contributed by atoms with Crippen LogP contribution in [0.5, 0.6) is 0 Å². The number of carbonyl (C=O) groups is 4. The number of aromatic nitrogens is 1. The Kier molecular flexibility index (Phi) is 2.55. The first-order valence-electron chi connectivity index (χ1n) is 4.86. The van der Waals surface area contributed by atoms with E-state index in [9.17, 15) is 19.2 Å². The van der Waals surface area contributed by atoms with Crippen molar-refractivity contribution in [3.05, 3.63) is 29.6 Å². The standard InChI is InChI=1S/C10H8N4O4/c11-7(15)6(8(12)16)14-9(17)4-2-1-3-13-5(4)10(14)18/h1-3,6H,(H2,11,15)(H2,12,16). The van der Waals surface area contributed by atoms with Crippen molar-refractivity contribution in [2.75, 3.05) is 0 Å². The van der Waals surface area contributed by atoms with Gasteiger partial charge in [-0.3, -0.25) is 29.1 Å². The molecule has 0 aromatic carbocycles. The molecule has 92 valence electrons. The van der Waals surface area contributed by atoms with Crippen LogP contribution in [0.4, 0.5) is 0 Å². The summed E-state index contributed by atoms with van der Waals surface area (Å²) in [4.78, 5) is 50.2. The maximum absolute atomic E-state index is 11.9. The molecule has 18 heavy (non-hydrogen) atoms. The van der Waals surface area contributed by atoms with Crippen LogP contribution < -0.4 is 11.5 Å². The normalized spacial score (nSPS) is 13.9. The molecule has 1 aliphatic rings. The van der Waals surface area contributed by atoms with Crippen LogP contribution in [0.25, 0.3) is 0 Å². The predicted octanol–water partition coefficient (Wildman–Crippen LogP) is -1.98. The van der Waals surface area contributed by atoms with Gasteiger partial charge in [0.1, 0.15) is 5.69 Å². The summed E-state index contributed by atoms with van der Waals surface area (Å²) in [5.74, 6) is -4.02. The lowest BCUT2D eigenvalue weighted by Gasteiger charge is -2.19. The molecule has 8 nitrogen and oxygen atoms in total. The van der Waals surface area contributed by atoms with Crippen LogP contribution in [-0.4, -0.2) is 39.6 Å². The van der Waals surface area contributed by atoms with E-state index in [0.717, 1.165) is 0 Å². The first-order valence-corrected chi connectivity index (χ1v) is 4.86. The Bertz CT molecular complexity index is 534. The Morgan fingerprint density at radius 3 is 2.28 bits per heavy atom. The average molecular weight is 248 g/mol. The van der Waals surface area contributed by atoms with Gasteiger partial charge in [0.2, 0.25) is 0 Å². The Balaban J connectivity index is 2.51. The van der Waals surface area contributed by atoms with Crippen LogP contribution in [0.2, 0.25) is 0 Å². The van der Waals surface area contributed by atoms with E-state index < -0.39 is 29.7 Å². The van der Waals surface area contributed by atoms with Crippen molar-refractivity contribution in [2.45, 2.75) is 6.04 Å². The Labute approximate surface area is 101 Å². The number of hydrogen-bond donors (Lipinski definition) is 2. The van der Waals surface area contributed by atoms with E-state index in [0.29, 0.717) is 4.90 Å². The molecular formula is C10H8N4O4. The molecule has 0 radical (unpaired) electrons. The van der Waals surface area contributed by atoms with Gasteiger partial charge in [-0.1, -0.05) is 0 Å². The van der Waals surface area contributed by atoms with Crippen molar-refractivity contribution in [1.82, 2.24) is 9.88 Å². The van der Waals surface area contributed by atoms with Crippen molar-refractivity contribution in [3.63, 3.8) is 0 Å². The van der Waals surface area contributed by atoms with Gasteiger partial charge in [0.25, 0.3) is 23.6 Å². The van der Waals surface area contributed by atoms with Gasteiger partial charge in [-0.25, -0.2) is 0 Å². The molecule has 1 aromatic rings. The highest BCUT2D eigenvalue weighted by atomic mass is 16.2. The minimum absolute atomic E-state index is 0.00926. The van der Waals surface area contributed by atoms with Gasteiger partial charge in [0.15, 0.2) is 6.04 Å². The lowest BCUT2D eigenvalue weighted by molar-refractivity contribution is -0.131. The largest absolute Gasteiger partial charge is 0.367 e. The van der Waals surface area contributed by atoms with Crippen LogP contribution in [0.1, 0.15) is 20.8 Å². The number of pyridine rings is 1. The number of hydrogen-bond acceptors (Lipinski definition) is 5. The van der Waals surface area contributed by atoms with Gasteiger partial charge in [0.05, 0.1) is 5.56 Å². The van der Waals surface area contributed by atoms with Crippen molar-refractivity contribution < 1.29 is 19.2 Å². The van der Waals surface area contributed by atoms with Gasteiger partial charge in [-0.15, -0.1) is 0 Å². The van der Waals surface area contributed by atoms with Gasteiger partial charge < -0.3 is 11.5 Å². The molecule has 0 aliphatic carbocycles. The van der Waals surface area contributed by atoms with Crippen molar-refractivity contribution >= 4 is 23.6 Å². The third-order valence-electron chi connectivity index (χ3n) is 2.48. The van der Waals surface area contributed by atoms with Crippen LogP contribution in [0.3, 0.4) is 0 Å². The molecule has 8 heteroatoms. The first kappa shape index (κ1) is 11.7. The molecule has 1 aliphatic heterocycles. The van der Waals surface area contributed by atoms with Gasteiger partial charge in [0, 0.05) is 6.20 Å². The summed E-state index contributed by atoms with van der Waals surface area (Å²) < 4.78 is 0. The predicted molar refractivity (Wildman–Crippen MR) is 56.9 cm³/mol. The topological polar surface area (TPSA) is 136 Å². The second-order valence-corrected chi connectivity index (χ2v) is 3.59. The molecule has 4 N–H and O–H groups in total. The van der Waals surface area contributed by atoms with Gasteiger partial charge >= 0.3 is 0 Å². The van der Waals surface area contributed by atoms with E-state index in [4.69, 9.17) is 11.5 Å². The number of imide groups is 1. The van der Waals surface area contributed by atoms with Gasteiger partial charge in [-0.05, 0) is 12.1 Å². The summed E-state index contributed by atoms with van der Waals surface area (Å²) in [5, 5.41) is 0. The smallest absolute Gasteiger partial charge is 0.281 e. The zero-order chi connectivity index (χ0) is 13.4. The summed E-state index contributed by atoms with van der Waals surface area (Å²) in [6, 6.07) is 1.01. The van der Waals surface area contributed by atoms with Crippen molar-refractivity contribution in [2.24, 2.45) is 11.5 Å². The van der Waals surface area contributed by atoms with Crippen LogP contribution in [-0.2, 0) is 9.59 Å². The fourth-order valence-corrected chi connectivity index (χ4v) is 1.71. The number of fused-ring (bicyclic) bond motifs is 1. The number of primary amides is 2. The minimum Gasteiger partial charge on any atom is -0.367 e. The van der Waals surface area contributed by atoms with Crippen molar-refractivity contribution in [1.29, 1.82) is 0 Å². The molecule has 0 bridgehead atoms. The fraction of sp³-hybridized carbons (Fsp3) is 0.100. The maximum Gasteiger partial charge on any atom is 0.281 e. The van der Waals surface area contributed by atoms with Gasteiger partial charge in [-0.2, -0.15) is 0 Å². The molecule has 0 atom stereocenters. The SMILES string of the molecule is NC(=O)C(C(N)=O)N1C(=O)c2cccnc2C1=O. The number of carbonyl (C=O) groups excluding carboxylic acids is 4. The molecule has 1 aromatic heterocycles. The summed E-state index contributed by atoms with van der Waals surface area (Å²) in [6.07, 6.45) is 1.32. The molecule has 0 unspecified atom stereocenters. The van der Waals surface area contributed by atoms with Crippen LogP contribution >= 0.6 is 0 Å². The van der Waals surface area contributed by atoms with Crippen LogP contribution in [0, 0.1) is 0 Å². The molecule has 0 saturated heterocycles. The highest BCUT2D eigenvalue weighted by molar-refractivity contribution is 6.24. The first-order chi connectivity index (χ1) is 8.45. The van der Waals surface area contributed by atoms with E-state index in [2.05, 4.69) is 4.98 Å². The van der Waals surface area contributed by atoms with E-state index >= 15 is 0 Å². The summed E-state index contributed by atoms with van der Waals surface area (Å²) >= 11 is 0. The second kappa shape index (κ2) is 3.91. The van der Waals surface area contributed by atoms with E-state index in [1.165, 1.54) is 18.3 Å². The monoisotopic (exact) mass is 248 g/mol. The van der Waals surface area contributed by atoms with E-state index in [1.807, 2.05) is 0 Å². The average Bonchev–Trinajstić information content (AvgIpc) is 2.55. The lowest BCUT2D eigenvalue weighted by atomic mass is 10.2.